The molecule has 1 aliphatic heterocycles. The third kappa shape index (κ3) is 3.30. The van der Waals surface area contributed by atoms with Crippen LogP contribution in [-0.4, -0.2) is 47.4 Å². The van der Waals surface area contributed by atoms with Gasteiger partial charge < -0.3 is 5.32 Å². The molecular weight excluding hydrogens is 212 g/mol. The lowest BCUT2D eigenvalue weighted by atomic mass is 10.0. The zero-order chi connectivity index (χ0) is 12.1. The van der Waals surface area contributed by atoms with E-state index in [4.69, 9.17) is 0 Å². The predicted molar refractivity (Wildman–Crippen MR) is 70.1 cm³/mol. The quantitative estimate of drug-likeness (QED) is 0.829. The van der Waals surface area contributed by atoms with Gasteiger partial charge in [-0.2, -0.15) is 5.10 Å². The van der Waals surface area contributed by atoms with Gasteiger partial charge in [-0.05, 0) is 32.5 Å². The molecule has 96 valence electrons. The summed E-state index contributed by atoms with van der Waals surface area (Å²) in [5.74, 6) is 0. The highest BCUT2D eigenvalue weighted by Gasteiger charge is 2.21. The summed E-state index contributed by atoms with van der Waals surface area (Å²) in [6.07, 6.45) is 7.07. The number of nitrogens with one attached hydrogen (secondary N) is 1. The maximum Gasteiger partial charge on any atom is 0.0492 e. The second kappa shape index (κ2) is 6.17. The van der Waals surface area contributed by atoms with Crippen molar-refractivity contribution in [2.75, 3.05) is 26.7 Å². The lowest BCUT2D eigenvalue weighted by Gasteiger charge is -2.35. The Balaban J connectivity index is 1.86. The first-order valence-corrected chi connectivity index (χ1v) is 6.67. The normalized spacial score (nSPS) is 21.9. The largest absolute Gasteiger partial charge is 0.318 e. The third-order valence-corrected chi connectivity index (χ3v) is 3.77. The third-order valence-electron chi connectivity index (χ3n) is 3.77. The highest BCUT2D eigenvalue weighted by molar-refractivity contribution is 5.00. The van der Waals surface area contributed by atoms with Gasteiger partial charge in [0.05, 0.1) is 0 Å². The molecule has 1 atom stereocenters. The van der Waals surface area contributed by atoms with E-state index in [2.05, 4.69) is 21.4 Å². The number of rotatable bonds is 5. The SMILES string of the molecule is CNCC1CCCCN1CCc1ccnn1C. The molecule has 0 aromatic carbocycles. The Bertz CT molecular complexity index is 332. The Hall–Kier alpha value is -0.870. The van der Waals surface area contributed by atoms with E-state index in [1.54, 1.807) is 0 Å². The maximum absolute atomic E-state index is 4.22. The summed E-state index contributed by atoms with van der Waals surface area (Å²) in [5, 5.41) is 7.53. The van der Waals surface area contributed by atoms with E-state index >= 15 is 0 Å². The topological polar surface area (TPSA) is 33.1 Å². The van der Waals surface area contributed by atoms with Crippen LogP contribution < -0.4 is 5.32 Å². The Kier molecular flexibility index (Phi) is 4.57. The molecule has 0 radical (unpaired) electrons. The molecule has 1 aromatic rings. The molecule has 4 nitrogen and oxygen atoms in total. The van der Waals surface area contributed by atoms with Crippen LogP contribution in [-0.2, 0) is 13.5 Å². The van der Waals surface area contributed by atoms with Crippen LogP contribution in [0.5, 0.6) is 0 Å². The van der Waals surface area contributed by atoms with Crippen LogP contribution in [0.15, 0.2) is 12.3 Å². The summed E-state index contributed by atoms with van der Waals surface area (Å²) in [6.45, 7) is 3.53. The van der Waals surface area contributed by atoms with E-state index in [1.165, 1.54) is 31.5 Å². The zero-order valence-electron chi connectivity index (χ0n) is 11.0. The van der Waals surface area contributed by atoms with Crippen LogP contribution in [0.2, 0.25) is 0 Å². The molecule has 2 heterocycles. The van der Waals surface area contributed by atoms with Gasteiger partial charge in [-0.15, -0.1) is 0 Å². The van der Waals surface area contributed by atoms with Gasteiger partial charge in [-0.1, -0.05) is 6.42 Å². The van der Waals surface area contributed by atoms with Crippen molar-refractivity contribution in [2.24, 2.45) is 7.05 Å². The second-order valence-corrected chi connectivity index (χ2v) is 4.94. The van der Waals surface area contributed by atoms with E-state index in [1.807, 2.05) is 25.0 Å². The zero-order valence-corrected chi connectivity index (χ0v) is 11.0. The summed E-state index contributed by atoms with van der Waals surface area (Å²) < 4.78 is 1.98. The van der Waals surface area contributed by atoms with E-state index in [0.29, 0.717) is 0 Å². The Labute approximate surface area is 104 Å². The first-order chi connectivity index (χ1) is 8.31. The van der Waals surface area contributed by atoms with Crippen molar-refractivity contribution < 1.29 is 0 Å². The van der Waals surface area contributed by atoms with Crippen molar-refractivity contribution in [1.29, 1.82) is 0 Å². The van der Waals surface area contributed by atoms with Crippen molar-refractivity contribution in [3.8, 4) is 0 Å². The molecule has 17 heavy (non-hydrogen) atoms. The van der Waals surface area contributed by atoms with Crippen molar-refractivity contribution in [3.63, 3.8) is 0 Å². The molecule has 1 fully saturated rings. The van der Waals surface area contributed by atoms with Crippen LogP contribution in [0.25, 0.3) is 0 Å². The van der Waals surface area contributed by atoms with E-state index < -0.39 is 0 Å². The molecule has 1 aliphatic rings. The van der Waals surface area contributed by atoms with E-state index in [9.17, 15) is 0 Å². The predicted octanol–water partition coefficient (Wildman–Crippen LogP) is 1.04. The molecule has 1 N–H and O–H groups in total. The maximum atomic E-state index is 4.22. The van der Waals surface area contributed by atoms with E-state index in [0.717, 1.165) is 25.6 Å². The summed E-state index contributed by atoms with van der Waals surface area (Å²) in [7, 11) is 4.07. The van der Waals surface area contributed by atoms with Gasteiger partial charge in [-0.3, -0.25) is 9.58 Å². The summed E-state index contributed by atoms with van der Waals surface area (Å²) in [4.78, 5) is 2.63. The van der Waals surface area contributed by atoms with Gasteiger partial charge in [0.1, 0.15) is 0 Å². The minimum atomic E-state index is 0.724. The van der Waals surface area contributed by atoms with E-state index in [-0.39, 0.29) is 0 Å². The molecule has 0 spiro atoms. The van der Waals surface area contributed by atoms with Crippen LogP contribution in [0.3, 0.4) is 0 Å². The molecule has 1 saturated heterocycles. The lowest BCUT2D eigenvalue weighted by molar-refractivity contribution is 0.148. The van der Waals surface area contributed by atoms with Crippen molar-refractivity contribution in [3.05, 3.63) is 18.0 Å². The Morgan fingerprint density at radius 1 is 1.47 bits per heavy atom. The highest BCUT2D eigenvalue weighted by Crippen LogP contribution is 2.16. The number of piperidine rings is 1. The first kappa shape index (κ1) is 12.6. The Morgan fingerprint density at radius 3 is 3.06 bits per heavy atom. The minimum Gasteiger partial charge on any atom is -0.318 e. The van der Waals surface area contributed by atoms with Crippen molar-refractivity contribution in [1.82, 2.24) is 20.0 Å². The fraction of sp³-hybridized carbons (Fsp3) is 0.769. The smallest absolute Gasteiger partial charge is 0.0492 e. The standard InChI is InChI=1S/C13H24N4/c1-14-11-13-5-3-4-9-17(13)10-7-12-6-8-15-16(12)2/h6,8,13-14H,3-5,7,9-11H2,1-2H3. The molecule has 0 aliphatic carbocycles. The average molecular weight is 236 g/mol. The number of likely N-dealkylation sites (tertiary alicyclic amines) is 1. The van der Waals surface area contributed by atoms with Crippen molar-refractivity contribution in [2.45, 2.75) is 31.7 Å². The van der Waals surface area contributed by atoms with Crippen LogP contribution >= 0.6 is 0 Å². The number of nitrogens with zero attached hydrogens (tertiary/aromatic N) is 3. The Morgan fingerprint density at radius 2 is 2.35 bits per heavy atom. The number of hydrogen-bond donors (Lipinski definition) is 1. The van der Waals surface area contributed by atoms with Crippen molar-refractivity contribution >= 4 is 0 Å². The second-order valence-electron chi connectivity index (χ2n) is 4.94. The number of likely N-dealkylation sites (N-methyl/N-ethyl adjacent to an activating group) is 1. The molecule has 4 heteroatoms. The molecule has 1 aromatic heterocycles. The number of hydrogen-bond acceptors (Lipinski definition) is 3. The fourth-order valence-corrected chi connectivity index (χ4v) is 2.73. The van der Waals surface area contributed by atoms with Gasteiger partial charge >= 0.3 is 0 Å². The number of aryl methyl sites for hydroxylation is 1. The summed E-state index contributed by atoms with van der Waals surface area (Å²) in [6, 6.07) is 2.85. The summed E-state index contributed by atoms with van der Waals surface area (Å²) in [5.41, 5.74) is 1.33. The molecule has 1 unspecified atom stereocenters. The molecule has 0 saturated carbocycles. The summed E-state index contributed by atoms with van der Waals surface area (Å²) >= 11 is 0. The van der Waals surface area contributed by atoms with Gasteiger partial charge in [0.2, 0.25) is 0 Å². The molecular formula is C13H24N4. The highest BCUT2D eigenvalue weighted by atomic mass is 15.3. The average Bonchev–Trinajstić information content (AvgIpc) is 2.74. The van der Waals surface area contributed by atoms with Crippen LogP contribution in [0, 0.1) is 0 Å². The first-order valence-electron chi connectivity index (χ1n) is 6.67. The van der Waals surface area contributed by atoms with Gasteiger partial charge in [0, 0.05) is 44.5 Å². The molecule has 2 rings (SSSR count). The van der Waals surface area contributed by atoms with Crippen LogP contribution in [0.4, 0.5) is 0 Å². The molecule has 0 amide bonds. The number of aromatic nitrogens is 2. The molecule has 0 bridgehead atoms. The lowest BCUT2D eigenvalue weighted by Crippen LogP contribution is -2.45. The van der Waals surface area contributed by atoms with Gasteiger partial charge in [-0.25, -0.2) is 0 Å². The minimum absolute atomic E-state index is 0.724. The van der Waals surface area contributed by atoms with Gasteiger partial charge in [0.15, 0.2) is 0 Å². The monoisotopic (exact) mass is 236 g/mol. The fourth-order valence-electron chi connectivity index (χ4n) is 2.73. The van der Waals surface area contributed by atoms with Crippen LogP contribution in [0.1, 0.15) is 25.0 Å². The van der Waals surface area contributed by atoms with Gasteiger partial charge in [0.25, 0.3) is 0 Å².